The van der Waals surface area contributed by atoms with Crippen LogP contribution in [0.5, 0.6) is 0 Å². The van der Waals surface area contributed by atoms with Crippen LogP contribution in [-0.4, -0.2) is 22.0 Å². The van der Waals surface area contributed by atoms with Gasteiger partial charge in [-0.3, -0.25) is 4.68 Å². The van der Waals surface area contributed by atoms with Crippen LogP contribution in [0.1, 0.15) is 54.2 Å². The van der Waals surface area contributed by atoms with Gasteiger partial charge >= 0.3 is 0 Å². The van der Waals surface area contributed by atoms with Crippen LogP contribution in [0.2, 0.25) is 0 Å². The summed E-state index contributed by atoms with van der Waals surface area (Å²) in [5.41, 5.74) is 4.12. The quantitative estimate of drug-likeness (QED) is 0.462. The van der Waals surface area contributed by atoms with Crippen LogP contribution in [-0.2, 0) is 22.6 Å². The van der Waals surface area contributed by atoms with Gasteiger partial charge in [0.15, 0.2) is 0 Å². The van der Waals surface area contributed by atoms with Gasteiger partial charge in [-0.05, 0) is 60.4 Å². The minimum absolute atomic E-state index is 0.279. The smallest absolute Gasteiger partial charge is 0.123 e. The second-order valence-electron chi connectivity index (χ2n) is 8.14. The van der Waals surface area contributed by atoms with Gasteiger partial charge < -0.3 is 14.6 Å². The highest BCUT2D eigenvalue weighted by Gasteiger charge is 2.31. The van der Waals surface area contributed by atoms with Crippen molar-refractivity contribution in [1.29, 1.82) is 0 Å². The number of aryl methyl sites for hydroxylation is 1. The third-order valence-electron chi connectivity index (χ3n) is 6.01. The first-order valence-corrected chi connectivity index (χ1v) is 11.1. The van der Waals surface area contributed by atoms with Crippen molar-refractivity contribution in [3.8, 4) is 0 Å². The Hall–Kier alpha value is -3.22. The first-order valence-electron chi connectivity index (χ1n) is 11.1. The third kappa shape index (κ3) is 5.07. The number of methoxy groups -OCH3 is 1. The largest absolute Gasteiger partial charge is 0.497 e. The van der Waals surface area contributed by atoms with E-state index < -0.39 is 6.10 Å². The molecule has 0 fully saturated rings. The lowest BCUT2D eigenvalue weighted by atomic mass is 9.85. The molecule has 6 heteroatoms. The van der Waals surface area contributed by atoms with Gasteiger partial charge in [0.25, 0.3) is 0 Å². The van der Waals surface area contributed by atoms with Crippen molar-refractivity contribution in [3.63, 3.8) is 0 Å². The summed E-state index contributed by atoms with van der Waals surface area (Å²) in [7, 11) is 1.60. The van der Waals surface area contributed by atoms with Crippen LogP contribution in [0.25, 0.3) is 0 Å². The fourth-order valence-corrected chi connectivity index (χ4v) is 4.16. The Balaban J connectivity index is 1.64. The topological polar surface area (TPSA) is 56.5 Å². The Kier molecular flexibility index (Phi) is 7.06. The molecule has 0 amide bonds. The molecular weight excluding hydrogens is 419 g/mol. The zero-order chi connectivity index (χ0) is 23.4. The normalized spacial score (nSPS) is 17.4. The maximum absolute atomic E-state index is 14.3. The number of hydrogen-bond donors (Lipinski definition) is 1. The molecular formula is C27H29FN2O3. The van der Waals surface area contributed by atoms with Crippen molar-refractivity contribution in [2.75, 3.05) is 7.11 Å². The molecule has 4 rings (SSSR count). The molecule has 3 aromatic rings. The highest BCUT2D eigenvalue weighted by molar-refractivity contribution is 5.50. The zero-order valence-electron chi connectivity index (χ0n) is 19.1. The minimum atomic E-state index is -0.863. The first-order chi connectivity index (χ1) is 16.0. The lowest BCUT2D eigenvalue weighted by Crippen LogP contribution is -2.12. The Labute approximate surface area is 193 Å². The van der Waals surface area contributed by atoms with E-state index in [1.54, 1.807) is 24.1 Å². The first kappa shape index (κ1) is 23.0. The van der Waals surface area contributed by atoms with Gasteiger partial charge in [-0.1, -0.05) is 36.4 Å². The molecule has 33 heavy (non-hydrogen) atoms. The molecule has 172 valence electrons. The summed E-state index contributed by atoms with van der Waals surface area (Å²) in [6.45, 7) is 5.05. The lowest BCUT2D eigenvalue weighted by molar-refractivity contribution is 0.0517. The van der Waals surface area contributed by atoms with Crippen molar-refractivity contribution < 1.29 is 19.0 Å². The monoisotopic (exact) mass is 448 g/mol. The van der Waals surface area contributed by atoms with E-state index in [9.17, 15) is 9.50 Å². The average Bonchev–Trinajstić information content (AvgIpc) is 3.50. The Morgan fingerprint density at radius 1 is 1.18 bits per heavy atom. The predicted octanol–water partition coefficient (Wildman–Crippen LogP) is 5.61. The summed E-state index contributed by atoms with van der Waals surface area (Å²) in [6.07, 6.45) is 6.10. The molecule has 1 aliphatic rings. The second-order valence-corrected chi connectivity index (χ2v) is 8.14. The predicted molar refractivity (Wildman–Crippen MR) is 125 cm³/mol. The van der Waals surface area contributed by atoms with E-state index >= 15 is 0 Å². The van der Waals surface area contributed by atoms with Crippen molar-refractivity contribution in [2.24, 2.45) is 0 Å². The molecule has 2 aromatic carbocycles. The number of benzene rings is 2. The summed E-state index contributed by atoms with van der Waals surface area (Å²) in [4.78, 5) is 0. The number of hydrogen-bond acceptors (Lipinski definition) is 4. The molecule has 1 aromatic heterocycles. The fourth-order valence-electron chi connectivity index (χ4n) is 4.16. The van der Waals surface area contributed by atoms with Crippen LogP contribution in [0.3, 0.4) is 0 Å². The van der Waals surface area contributed by atoms with Crippen molar-refractivity contribution >= 4 is 0 Å². The van der Waals surface area contributed by atoms with Gasteiger partial charge in [-0.2, -0.15) is 5.10 Å². The summed E-state index contributed by atoms with van der Waals surface area (Å²) in [5.74, 6) is 0.0523. The minimum Gasteiger partial charge on any atom is -0.497 e. The van der Waals surface area contributed by atoms with Crippen LogP contribution in [0.4, 0.5) is 4.39 Å². The number of aliphatic hydroxyl groups excluding tert-OH is 1. The number of ether oxygens (including phenoxy) is 2. The maximum atomic E-state index is 14.3. The number of halogens is 1. The summed E-state index contributed by atoms with van der Waals surface area (Å²) in [5, 5.41) is 15.5. The molecule has 0 bridgehead atoms. The van der Waals surface area contributed by atoms with E-state index in [0.717, 1.165) is 28.8 Å². The van der Waals surface area contributed by atoms with E-state index in [-0.39, 0.29) is 17.8 Å². The van der Waals surface area contributed by atoms with Gasteiger partial charge in [0.05, 0.1) is 26.0 Å². The molecule has 3 atom stereocenters. The molecule has 0 saturated carbocycles. The van der Waals surface area contributed by atoms with E-state index in [0.29, 0.717) is 17.9 Å². The Morgan fingerprint density at radius 2 is 1.97 bits per heavy atom. The second kappa shape index (κ2) is 10.1. The standard InChI is InChI=1S/C27H29FN2O3/c1-4-30-16-20(15-29-30)27(31)26-14-22(32-3)13-25(26)23-11-10-21(28)12-24(23)18(2)33-17-19-8-6-5-7-9-19/h5-16,18,25,27,31H,4,17H2,1-3H3/t18-,25?,27?/m1/s1. The van der Waals surface area contributed by atoms with E-state index in [2.05, 4.69) is 5.10 Å². The zero-order valence-corrected chi connectivity index (χ0v) is 19.1. The van der Waals surface area contributed by atoms with Crippen molar-refractivity contribution in [1.82, 2.24) is 9.78 Å². The molecule has 0 spiro atoms. The maximum Gasteiger partial charge on any atom is 0.123 e. The molecule has 1 heterocycles. The van der Waals surface area contributed by atoms with Gasteiger partial charge in [0.2, 0.25) is 0 Å². The highest BCUT2D eigenvalue weighted by atomic mass is 19.1. The molecule has 1 aliphatic carbocycles. The van der Waals surface area contributed by atoms with Gasteiger partial charge in [-0.25, -0.2) is 4.39 Å². The van der Waals surface area contributed by atoms with Crippen LogP contribution in [0.15, 0.2) is 84.4 Å². The molecule has 2 unspecified atom stereocenters. The van der Waals surface area contributed by atoms with E-state index in [1.807, 2.05) is 62.5 Å². The summed E-state index contributed by atoms with van der Waals surface area (Å²) < 4.78 is 27.7. The van der Waals surface area contributed by atoms with E-state index in [1.165, 1.54) is 12.1 Å². The third-order valence-corrected chi connectivity index (χ3v) is 6.01. The lowest BCUT2D eigenvalue weighted by Gasteiger charge is -2.24. The number of allylic oxidation sites excluding steroid dienone is 2. The molecule has 1 N–H and O–H groups in total. The van der Waals surface area contributed by atoms with Crippen molar-refractivity contribution in [3.05, 3.63) is 112 Å². The highest BCUT2D eigenvalue weighted by Crippen LogP contribution is 2.43. The number of aromatic nitrogens is 2. The van der Waals surface area contributed by atoms with Crippen molar-refractivity contribution in [2.45, 2.75) is 45.1 Å². The van der Waals surface area contributed by atoms with Crippen LogP contribution < -0.4 is 0 Å². The molecule has 0 aliphatic heterocycles. The fraction of sp³-hybridized carbons (Fsp3) is 0.296. The van der Waals surface area contributed by atoms with Crippen LogP contribution >= 0.6 is 0 Å². The van der Waals surface area contributed by atoms with E-state index in [4.69, 9.17) is 9.47 Å². The number of aliphatic hydroxyl groups is 1. The van der Waals surface area contributed by atoms with Gasteiger partial charge in [0.1, 0.15) is 17.7 Å². The van der Waals surface area contributed by atoms with Crippen LogP contribution in [0, 0.1) is 5.82 Å². The summed E-state index contributed by atoms with van der Waals surface area (Å²) in [6, 6.07) is 14.6. The van der Waals surface area contributed by atoms with Gasteiger partial charge in [0, 0.05) is 24.2 Å². The molecule has 0 saturated heterocycles. The number of rotatable bonds is 9. The summed E-state index contributed by atoms with van der Waals surface area (Å²) >= 11 is 0. The molecule has 0 radical (unpaired) electrons. The Morgan fingerprint density at radius 3 is 2.67 bits per heavy atom. The van der Waals surface area contributed by atoms with Gasteiger partial charge in [-0.15, -0.1) is 0 Å². The number of nitrogens with zero attached hydrogens (tertiary/aromatic N) is 2. The SMILES string of the molecule is CCn1cc(C(O)C2=CC(OC)=CC2c2ccc(F)cc2[C@@H](C)OCc2ccccc2)cn1. The average molecular weight is 449 g/mol. The molecule has 5 nitrogen and oxygen atoms in total. The Bertz CT molecular complexity index is 1150.